The van der Waals surface area contributed by atoms with E-state index in [-0.39, 0.29) is 12.6 Å². The van der Waals surface area contributed by atoms with Gasteiger partial charge in [-0.3, -0.25) is 4.57 Å². The van der Waals surface area contributed by atoms with Crippen molar-refractivity contribution in [1.29, 1.82) is 0 Å². The Bertz CT molecular complexity index is 1020. The average molecular weight is 381 g/mol. The molecule has 4 N–H and O–H groups in total. The van der Waals surface area contributed by atoms with Crippen LogP contribution in [0.3, 0.4) is 0 Å². The van der Waals surface area contributed by atoms with Crippen molar-refractivity contribution in [1.82, 2.24) is 19.5 Å². The van der Waals surface area contributed by atoms with E-state index >= 15 is 0 Å². The lowest BCUT2D eigenvalue weighted by Gasteiger charge is -2.14. The molecule has 0 amide bonds. The fraction of sp³-hybridized carbons (Fsp3) is 0.353. The smallest absolute Gasteiger partial charge is 0.224 e. The van der Waals surface area contributed by atoms with Crippen LogP contribution in [0, 0.1) is 0 Å². The Hall–Kier alpha value is -3.40. The van der Waals surface area contributed by atoms with Gasteiger partial charge in [-0.15, -0.1) is 0 Å². The van der Waals surface area contributed by atoms with Gasteiger partial charge in [0, 0.05) is 17.9 Å². The highest BCUT2D eigenvalue weighted by atomic mass is 16.5. The zero-order valence-corrected chi connectivity index (χ0v) is 14.9. The Labute approximate surface area is 159 Å². The molecule has 0 unspecified atom stereocenters. The third kappa shape index (κ3) is 3.41. The van der Waals surface area contributed by atoms with Gasteiger partial charge in [-0.05, 0) is 11.1 Å². The fourth-order valence-electron chi connectivity index (χ4n) is 3.29. The van der Waals surface area contributed by atoms with Gasteiger partial charge in [0.1, 0.15) is 6.23 Å². The molecule has 144 valence electrons. The molecule has 1 saturated heterocycles. The number of anilines is 2. The number of nitrogen functional groups attached to an aromatic ring is 1. The minimum atomic E-state index is -0.576. The number of nitrogens with two attached hydrogens (primary N) is 1. The van der Waals surface area contributed by atoms with E-state index in [4.69, 9.17) is 16.0 Å². The van der Waals surface area contributed by atoms with Gasteiger partial charge in [0.05, 0.1) is 25.1 Å². The number of nitrogens with zero attached hydrogens (tertiary/aromatic N) is 7. The number of ether oxygens (including phenoxy) is 1. The molecule has 0 saturated carbocycles. The maximum atomic E-state index is 9.47. The molecule has 1 aromatic carbocycles. The first kappa shape index (κ1) is 18.0. The van der Waals surface area contributed by atoms with Crippen molar-refractivity contribution < 1.29 is 9.84 Å². The van der Waals surface area contributed by atoms with Crippen molar-refractivity contribution >= 4 is 22.9 Å². The van der Waals surface area contributed by atoms with Crippen LogP contribution >= 0.6 is 0 Å². The lowest BCUT2D eigenvalue weighted by Crippen LogP contribution is -2.22. The molecule has 4 rings (SSSR count). The van der Waals surface area contributed by atoms with Crippen LogP contribution in [0.25, 0.3) is 21.6 Å². The van der Waals surface area contributed by atoms with Gasteiger partial charge in [0.2, 0.25) is 5.95 Å². The summed E-state index contributed by atoms with van der Waals surface area (Å²) in [5, 5.41) is 16.4. The van der Waals surface area contributed by atoms with Gasteiger partial charge in [-0.2, -0.15) is 9.97 Å². The number of rotatable bonds is 6. The minimum Gasteiger partial charge on any atom is -0.394 e. The molecule has 3 heterocycles. The van der Waals surface area contributed by atoms with Crippen LogP contribution in [0.4, 0.5) is 11.8 Å². The van der Waals surface area contributed by atoms with Gasteiger partial charge in [0.25, 0.3) is 0 Å². The zero-order chi connectivity index (χ0) is 19.5. The third-order valence-corrected chi connectivity index (χ3v) is 4.64. The Morgan fingerprint density at radius 3 is 2.93 bits per heavy atom. The number of aliphatic hydroxyl groups excluding tert-OH is 1. The number of aromatic nitrogens is 4. The summed E-state index contributed by atoms with van der Waals surface area (Å²) in [4.78, 5) is 15.8. The molecular weight excluding hydrogens is 362 g/mol. The van der Waals surface area contributed by atoms with E-state index in [0.29, 0.717) is 29.9 Å². The number of azide groups is 1. The first-order valence-electron chi connectivity index (χ1n) is 8.78. The third-order valence-electron chi connectivity index (χ3n) is 4.64. The van der Waals surface area contributed by atoms with Crippen LogP contribution in [0.15, 0.2) is 41.8 Å². The highest BCUT2D eigenvalue weighted by Gasteiger charge is 2.36. The van der Waals surface area contributed by atoms with E-state index in [9.17, 15) is 5.11 Å². The quantitative estimate of drug-likeness (QED) is 0.334. The number of hydrogen-bond acceptors (Lipinski definition) is 8. The summed E-state index contributed by atoms with van der Waals surface area (Å²) in [6.45, 7) is 0.318. The molecule has 3 aromatic rings. The minimum absolute atomic E-state index is 0.105. The highest BCUT2D eigenvalue weighted by molar-refractivity contribution is 5.84. The largest absolute Gasteiger partial charge is 0.394 e. The second-order valence-electron chi connectivity index (χ2n) is 6.41. The fourth-order valence-corrected chi connectivity index (χ4v) is 3.29. The topological polar surface area (TPSA) is 160 Å². The van der Waals surface area contributed by atoms with Crippen molar-refractivity contribution in [3.8, 4) is 0 Å². The van der Waals surface area contributed by atoms with Gasteiger partial charge in [-0.1, -0.05) is 35.4 Å². The number of aliphatic hydroxyl groups is 1. The molecule has 0 radical (unpaired) electrons. The summed E-state index contributed by atoms with van der Waals surface area (Å²) in [7, 11) is 0. The van der Waals surface area contributed by atoms with Crippen LogP contribution in [0.2, 0.25) is 0 Å². The van der Waals surface area contributed by atoms with Crippen LogP contribution in [0.1, 0.15) is 18.2 Å². The van der Waals surface area contributed by atoms with E-state index in [1.165, 1.54) is 0 Å². The second-order valence-corrected chi connectivity index (χ2v) is 6.41. The first-order valence-corrected chi connectivity index (χ1v) is 8.78. The summed E-state index contributed by atoms with van der Waals surface area (Å²) in [6.07, 6.45) is 0.934. The number of benzene rings is 1. The molecule has 28 heavy (non-hydrogen) atoms. The van der Waals surface area contributed by atoms with Crippen molar-refractivity contribution in [2.75, 3.05) is 17.7 Å². The molecule has 0 aliphatic carbocycles. The van der Waals surface area contributed by atoms with Crippen LogP contribution in [-0.4, -0.2) is 43.4 Å². The zero-order valence-electron chi connectivity index (χ0n) is 14.9. The first-order chi connectivity index (χ1) is 13.7. The van der Waals surface area contributed by atoms with E-state index in [0.717, 1.165) is 5.56 Å². The molecule has 2 aromatic heterocycles. The maximum absolute atomic E-state index is 9.47. The number of hydrogen-bond donors (Lipinski definition) is 3. The molecule has 3 atom stereocenters. The lowest BCUT2D eigenvalue weighted by molar-refractivity contribution is -0.0232. The van der Waals surface area contributed by atoms with Crippen LogP contribution in [-0.2, 0) is 11.3 Å². The van der Waals surface area contributed by atoms with E-state index in [1.807, 2.05) is 30.3 Å². The second kappa shape index (κ2) is 7.69. The number of fused-ring (bicyclic) bond motifs is 1. The normalized spacial score (nSPS) is 21.5. The molecule has 11 nitrogen and oxygen atoms in total. The average Bonchev–Trinajstić information content (AvgIpc) is 3.31. The van der Waals surface area contributed by atoms with Crippen molar-refractivity contribution in [3.05, 3.63) is 52.7 Å². The Morgan fingerprint density at radius 2 is 2.18 bits per heavy atom. The molecule has 1 fully saturated rings. The SMILES string of the molecule is [N-]=[N+]=N[C@H]1C[C@H](n2cnc3c(NCc4ccccc4)nc(N)nc32)O[C@@H]1CO. The summed E-state index contributed by atoms with van der Waals surface area (Å²) < 4.78 is 7.54. The Morgan fingerprint density at radius 1 is 1.36 bits per heavy atom. The van der Waals surface area contributed by atoms with Gasteiger partial charge in [0.15, 0.2) is 17.0 Å². The van der Waals surface area contributed by atoms with E-state index < -0.39 is 18.4 Å². The van der Waals surface area contributed by atoms with Crippen molar-refractivity contribution in [3.63, 3.8) is 0 Å². The molecule has 1 aliphatic rings. The summed E-state index contributed by atoms with van der Waals surface area (Å²) in [5.41, 5.74) is 16.8. The van der Waals surface area contributed by atoms with E-state index in [1.54, 1.807) is 10.9 Å². The van der Waals surface area contributed by atoms with Gasteiger partial charge in [-0.25, -0.2) is 4.98 Å². The predicted octanol–water partition coefficient (Wildman–Crippen LogP) is 1.98. The molecular formula is C17H19N9O2. The molecule has 0 spiro atoms. The van der Waals surface area contributed by atoms with Gasteiger partial charge >= 0.3 is 0 Å². The highest BCUT2D eigenvalue weighted by Crippen LogP contribution is 2.33. The molecule has 11 heteroatoms. The number of imidazole rings is 1. The van der Waals surface area contributed by atoms with Crippen molar-refractivity contribution in [2.24, 2.45) is 5.11 Å². The summed E-state index contributed by atoms with van der Waals surface area (Å²) in [6, 6.07) is 9.43. The summed E-state index contributed by atoms with van der Waals surface area (Å²) >= 11 is 0. The molecule has 1 aliphatic heterocycles. The van der Waals surface area contributed by atoms with Crippen LogP contribution in [0.5, 0.6) is 0 Å². The van der Waals surface area contributed by atoms with E-state index in [2.05, 4.69) is 30.3 Å². The predicted molar refractivity (Wildman–Crippen MR) is 102 cm³/mol. The Kier molecular flexibility index (Phi) is 4.94. The van der Waals surface area contributed by atoms with Gasteiger partial charge < -0.3 is 20.9 Å². The number of nitrogens with one attached hydrogen (secondary N) is 1. The maximum Gasteiger partial charge on any atom is 0.224 e. The van der Waals surface area contributed by atoms with Crippen LogP contribution < -0.4 is 11.1 Å². The monoisotopic (exact) mass is 381 g/mol. The lowest BCUT2D eigenvalue weighted by atomic mass is 10.1. The summed E-state index contributed by atoms with van der Waals surface area (Å²) in [5.74, 6) is 0.626. The molecule has 0 bridgehead atoms. The Balaban J connectivity index is 1.63. The standard InChI is InChI=1S/C17H19N9O2/c18-17-22-15(20-7-10-4-2-1-3-5-10)14-16(23-17)26(9-21-14)13-6-11(24-25-19)12(8-27)28-13/h1-5,9,11-13,27H,6-8H2,(H3,18,20,22,23)/t11-,12+,13+/m0/s1. The van der Waals surface area contributed by atoms with Crippen molar-refractivity contribution in [2.45, 2.75) is 31.3 Å².